The number of amides is 1. The Morgan fingerprint density at radius 2 is 2.04 bits per heavy atom. The number of piperidine rings is 1. The molecule has 0 bridgehead atoms. The van der Waals surface area contributed by atoms with Gasteiger partial charge in [-0.1, -0.05) is 5.21 Å². The number of rotatable bonds is 3. The van der Waals surface area contributed by atoms with Crippen molar-refractivity contribution in [2.45, 2.75) is 45.2 Å². The molecule has 8 nitrogen and oxygen atoms in total. The van der Waals surface area contributed by atoms with Crippen molar-refractivity contribution in [3.8, 4) is 17.2 Å². The lowest BCUT2D eigenvalue weighted by Gasteiger charge is -2.37. The minimum atomic E-state index is -0.0988. The number of carbonyl (C=O) groups is 1. The first-order valence-electron chi connectivity index (χ1n) is 9.45. The van der Waals surface area contributed by atoms with Gasteiger partial charge in [-0.15, -0.1) is 5.10 Å². The molecular weight excluding hydrogens is 346 g/mol. The van der Waals surface area contributed by atoms with Crippen LogP contribution >= 0.6 is 0 Å². The molecule has 27 heavy (non-hydrogen) atoms. The molecule has 1 aromatic carbocycles. The van der Waals surface area contributed by atoms with Gasteiger partial charge in [0, 0.05) is 24.7 Å². The van der Waals surface area contributed by atoms with Gasteiger partial charge in [0.1, 0.15) is 13.2 Å². The Balaban J connectivity index is 1.63. The van der Waals surface area contributed by atoms with Crippen molar-refractivity contribution in [2.24, 2.45) is 5.73 Å². The van der Waals surface area contributed by atoms with Crippen LogP contribution in [0.1, 0.15) is 42.4 Å². The Hall–Kier alpha value is -2.61. The summed E-state index contributed by atoms with van der Waals surface area (Å²) < 4.78 is 12.9. The molecule has 2 aliphatic rings. The monoisotopic (exact) mass is 371 g/mol. The van der Waals surface area contributed by atoms with E-state index >= 15 is 0 Å². The Morgan fingerprint density at radius 3 is 2.81 bits per heavy atom. The van der Waals surface area contributed by atoms with Crippen molar-refractivity contribution >= 4 is 5.91 Å². The molecule has 4 rings (SSSR count). The molecule has 2 N–H and O–H groups in total. The molecule has 0 radical (unpaired) electrons. The number of hydrogen-bond donors (Lipinski definition) is 1. The van der Waals surface area contributed by atoms with Gasteiger partial charge in [0.2, 0.25) is 0 Å². The van der Waals surface area contributed by atoms with Crippen LogP contribution in [0.25, 0.3) is 5.69 Å². The third-order valence-corrected chi connectivity index (χ3v) is 5.28. The van der Waals surface area contributed by atoms with E-state index in [-0.39, 0.29) is 18.0 Å². The number of aromatic nitrogens is 3. The maximum Gasteiger partial charge on any atom is 0.276 e. The first-order valence-corrected chi connectivity index (χ1v) is 9.45. The van der Waals surface area contributed by atoms with Gasteiger partial charge in [0.05, 0.1) is 11.4 Å². The number of nitrogens with zero attached hydrogens (tertiary/aromatic N) is 4. The zero-order valence-corrected chi connectivity index (χ0v) is 15.7. The summed E-state index contributed by atoms with van der Waals surface area (Å²) >= 11 is 0. The van der Waals surface area contributed by atoms with E-state index in [0.717, 1.165) is 24.9 Å². The van der Waals surface area contributed by atoms with E-state index in [1.165, 1.54) is 0 Å². The fourth-order valence-electron chi connectivity index (χ4n) is 3.83. The third kappa shape index (κ3) is 3.25. The number of likely N-dealkylation sites (tertiary alicyclic amines) is 1. The van der Waals surface area contributed by atoms with E-state index in [4.69, 9.17) is 15.2 Å². The van der Waals surface area contributed by atoms with Crippen molar-refractivity contribution < 1.29 is 14.3 Å². The zero-order valence-electron chi connectivity index (χ0n) is 15.7. The summed E-state index contributed by atoms with van der Waals surface area (Å²) in [5.41, 5.74) is 7.97. The Morgan fingerprint density at radius 1 is 1.26 bits per heavy atom. The van der Waals surface area contributed by atoms with E-state index in [2.05, 4.69) is 10.3 Å². The molecule has 0 saturated carbocycles. The highest BCUT2D eigenvalue weighted by Crippen LogP contribution is 2.32. The van der Waals surface area contributed by atoms with E-state index < -0.39 is 0 Å². The van der Waals surface area contributed by atoms with Crippen LogP contribution in [-0.2, 0) is 0 Å². The zero-order chi connectivity index (χ0) is 19.0. The molecule has 1 aromatic heterocycles. The first-order chi connectivity index (χ1) is 13.1. The van der Waals surface area contributed by atoms with Crippen LogP contribution < -0.4 is 15.2 Å². The van der Waals surface area contributed by atoms with Gasteiger partial charge >= 0.3 is 0 Å². The standard InChI is InChI=1S/C19H25N5O3/c1-12(20)15-5-3-4-8-23(15)19(25)18-13(2)24(22-21-18)14-6-7-16-17(11-14)27-10-9-26-16/h6-7,11-12,15H,3-5,8-10,20H2,1-2H3. The third-order valence-electron chi connectivity index (χ3n) is 5.28. The summed E-state index contributed by atoms with van der Waals surface area (Å²) in [5.74, 6) is 1.29. The molecule has 0 spiro atoms. The van der Waals surface area contributed by atoms with Gasteiger partial charge in [0.15, 0.2) is 17.2 Å². The molecule has 3 heterocycles. The summed E-state index contributed by atoms with van der Waals surface area (Å²) in [5, 5.41) is 8.39. The van der Waals surface area contributed by atoms with Crippen molar-refractivity contribution in [2.75, 3.05) is 19.8 Å². The highest BCUT2D eigenvalue weighted by molar-refractivity contribution is 5.93. The number of ether oxygens (including phenoxy) is 2. The van der Waals surface area contributed by atoms with Crippen LogP contribution in [0, 0.1) is 6.92 Å². The molecule has 2 atom stereocenters. The molecule has 8 heteroatoms. The molecule has 1 saturated heterocycles. The number of hydrogen-bond acceptors (Lipinski definition) is 6. The second-order valence-corrected chi connectivity index (χ2v) is 7.18. The van der Waals surface area contributed by atoms with Crippen LogP contribution in [0.5, 0.6) is 11.5 Å². The number of benzene rings is 1. The average Bonchev–Trinajstić information content (AvgIpc) is 3.08. The van der Waals surface area contributed by atoms with Crippen LogP contribution in [0.3, 0.4) is 0 Å². The summed E-state index contributed by atoms with van der Waals surface area (Å²) in [4.78, 5) is 15.0. The lowest BCUT2D eigenvalue weighted by molar-refractivity contribution is 0.0577. The maximum absolute atomic E-state index is 13.1. The van der Waals surface area contributed by atoms with E-state index in [9.17, 15) is 4.79 Å². The fourth-order valence-corrected chi connectivity index (χ4v) is 3.83. The second kappa shape index (κ2) is 7.19. The Labute approximate surface area is 158 Å². The molecule has 144 valence electrons. The number of fused-ring (bicyclic) bond motifs is 1. The van der Waals surface area contributed by atoms with E-state index in [1.54, 1.807) is 4.68 Å². The van der Waals surface area contributed by atoms with Gasteiger partial charge in [-0.3, -0.25) is 4.79 Å². The molecule has 2 aromatic rings. The molecule has 2 aliphatic heterocycles. The van der Waals surface area contributed by atoms with Gasteiger partial charge < -0.3 is 20.1 Å². The summed E-state index contributed by atoms with van der Waals surface area (Å²) in [7, 11) is 0. The summed E-state index contributed by atoms with van der Waals surface area (Å²) in [6.07, 6.45) is 3.02. The largest absolute Gasteiger partial charge is 0.486 e. The molecule has 2 unspecified atom stereocenters. The molecule has 1 amide bonds. The number of nitrogens with two attached hydrogens (primary N) is 1. The highest BCUT2D eigenvalue weighted by Gasteiger charge is 2.32. The van der Waals surface area contributed by atoms with Gasteiger partial charge in [-0.2, -0.15) is 0 Å². The summed E-state index contributed by atoms with van der Waals surface area (Å²) in [6, 6.07) is 5.57. The van der Waals surface area contributed by atoms with Crippen LogP contribution in [0.15, 0.2) is 18.2 Å². The van der Waals surface area contributed by atoms with Crippen molar-refractivity contribution in [3.05, 3.63) is 29.6 Å². The van der Waals surface area contributed by atoms with Crippen LogP contribution in [0.2, 0.25) is 0 Å². The van der Waals surface area contributed by atoms with Crippen LogP contribution in [-0.4, -0.2) is 57.6 Å². The van der Waals surface area contributed by atoms with Gasteiger partial charge in [-0.25, -0.2) is 4.68 Å². The van der Waals surface area contributed by atoms with Crippen LogP contribution in [0.4, 0.5) is 0 Å². The van der Waals surface area contributed by atoms with E-state index in [0.29, 0.717) is 42.6 Å². The minimum Gasteiger partial charge on any atom is -0.486 e. The topological polar surface area (TPSA) is 95.5 Å². The van der Waals surface area contributed by atoms with Gasteiger partial charge in [0.25, 0.3) is 5.91 Å². The smallest absolute Gasteiger partial charge is 0.276 e. The van der Waals surface area contributed by atoms with Crippen molar-refractivity contribution in [1.29, 1.82) is 0 Å². The first kappa shape index (κ1) is 17.8. The highest BCUT2D eigenvalue weighted by atomic mass is 16.6. The second-order valence-electron chi connectivity index (χ2n) is 7.18. The maximum atomic E-state index is 13.1. The van der Waals surface area contributed by atoms with Gasteiger partial charge in [-0.05, 0) is 45.2 Å². The normalized spacial score (nSPS) is 20.4. The Bertz CT molecular complexity index is 848. The average molecular weight is 371 g/mol. The van der Waals surface area contributed by atoms with Crippen molar-refractivity contribution in [3.63, 3.8) is 0 Å². The lowest BCUT2D eigenvalue weighted by Crippen LogP contribution is -2.51. The Kier molecular flexibility index (Phi) is 4.73. The quantitative estimate of drug-likeness (QED) is 0.882. The molecule has 1 fully saturated rings. The fraction of sp³-hybridized carbons (Fsp3) is 0.526. The van der Waals surface area contributed by atoms with E-state index in [1.807, 2.05) is 36.9 Å². The van der Waals surface area contributed by atoms with Crippen molar-refractivity contribution in [1.82, 2.24) is 19.9 Å². The predicted molar refractivity (Wildman–Crippen MR) is 99.4 cm³/mol. The predicted octanol–water partition coefficient (Wildman–Crippen LogP) is 1.69. The lowest BCUT2D eigenvalue weighted by atomic mass is 9.96. The number of carbonyl (C=O) groups excluding carboxylic acids is 1. The summed E-state index contributed by atoms with van der Waals surface area (Å²) in [6.45, 7) is 5.58. The minimum absolute atomic E-state index is 0.0464. The molecular formula is C19H25N5O3. The molecule has 0 aliphatic carbocycles. The SMILES string of the molecule is Cc1c(C(=O)N2CCCCC2C(C)N)nnn1-c1ccc2c(c1)OCCO2.